The zero-order valence-electron chi connectivity index (χ0n) is 15.6. The molecule has 0 amide bonds. The van der Waals surface area contributed by atoms with Crippen LogP contribution in [0.25, 0.3) is 0 Å². The van der Waals surface area contributed by atoms with E-state index in [1.54, 1.807) is 0 Å². The maximum Gasteiger partial charge on any atom is 0.316 e. The summed E-state index contributed by atoms with van der Waals surface area (Å²) in [5.74, 6) is -0.767. The Labute approximate surface area is 142 Å². The average molecular weight is 343 g/mol. The van der Waals surface area contributed by atoms with Crippen molar-refractivity contribution < 1.29 is 18.8 Å². The number of hydrogen-bond donors (Lipinski definition) is 0. The summed E-state index contributed by atoms with van der Waals surface area (Å²) < 4.78 is 11.2. The fraction of sp³-hybridized carbons (Fsp3) is 0.889. The highest BCUT2D eigenvalue weighted by Crippen LogP contribution is 2.36. The molecule has 0 aromatic heterocycles. The van der Waals surface area contributed by atoms with Crippen LogP contribution in [0.4, 0.5) is 0 Å². The molecule has 5 heteroatoms. The van der Waals surface area contributed by atoms with Gasteiger partial charge in [-0.2, -0.15) is 0 Å². The number of hydrogen-bond acceptors (Lipinski definition) is 4. The molecule has 1 rings (SSSR count). The zero-order valence-corrected chi connectivity index (χ0v) is 16.6. The molecule has 134 valence electrons. The summed E-state index contributed by atoms with van der Waals surface area (Å²) in [6.07, 6.45) is 5.72. The summed E-state index contributed by atoms with van der Waals surface area (Å²) in [4.78, 5) is 23.9. The van der Waals surface area contributed by atoms with Gasteiger partial charge in [-0.05, 0) is 50.2 Å². The van der Waals surface area contributed by atoms with Crippen molar-refractivity contribution in [3.05, 3.63) is 0 Å². The Kier molecular flexibility index (Phi) is 7.94. The minimum Gasteiger partial charge on any atom is -0.465 e. The van der Waals surface area contributed by atoms with Crippen molar-refractivity contribution in [1.29, 1.82) is 0 Å². The maximum absolute atomic E-state index is 12.2. The number of esters is 1. The van der Waals surface area contributed by atoms with Crippen molar-refractivity contribution in [2.24, 2.45) is 5.92 Å². The first-order chi connectivity index (χ1) is 10.6. The Morgan fingerprint density at radius 3 is 2.57 bits per heavy atom. The van der Waals surface area contributed by atoms with E-state index >= 15 is 0 Å². The van der Waals surface area contributed by atoms with Gasteiger partial charge in [0, 0.05) is 13.0 Å². The first-order valence-corrected chi connectivity index (χ1v) is 11.9. The molecule has 0 saturated carbocycles. The van der Waals surface area contributed by atoms with Gasteiger partial charge in [0.25, 0.3) is 0 Å². The lowest BCUT2D eigenvalue weighted by Gasteiger charge is -2.36. The van der Waals surface area contributed by atoms with Crippen molar-refractivity contribution in [3.8, 4) is 0 Å². The van der Waals surface area contributed by atoms with Crippen LogP contribution in [0.2, 0.25) is 18.1 Å². The van der Waals surface area contributed by atoms with E-state index in [2.05, 4.69) is 33.9 Å². The van der Waals surface area contributed by atoms with E-state index < -0.39 is 14.2 Å². The normalized spacial score (nSPS) is 20.0. The molecule has 0 spiro atoms. The third-order valence-corrected chi connectivity index (χ3v) is 9.68. The number of unbranched alkanes of at least 4 members (excludes halogenated alkanes) is 2. The first kappa shape index (κ1) is 20.4. The standard InChI is InChI=1S/C18H34O4Si/c1-18(2,3)23(4,5)22-14-9-6-7-12-16(19)15-11-8-10-13-21-17(15)20/h15H,6-14H2,1-5H3. The van der Waals surface area contributed by atoms with Gasteiger partial charge < -0.3 is 9.16 Å². The molecule has 1 saturated heterocycles. The second kappa shape index (κ2) is 8.97. The van der Waals surface area contributed by atoms with Crippen LogP contribution >= 0.6 is 0 Å². The summed E-state index contributed by atoms with van der Waals surface area (Å²) in [5, 5.41) is 0.239. The van der Waals surface area contributed by atoms with Crippen LogP contribution in [0.15, 0.2) is 0 Å². The predicted octanol–water partition coefficient (Wildman–Crippen LogP) is 4.48. The minimum absolute atomic E-state index is 0.0576. The molecule has 0 N–H and O–H groups in total. The number of ether oxygens (including phenoxy) is 1. The van der Waals surface area contributed by atoms with E-state index in [0.717, 1.165) is 38.7 Å². The number of cyclic esters (lactones) is 1. The Bertz CT molecular complexity index is 398. The highest BCUT2D eigenvalue weighted by Gasteiger charge is 2.36. The predicted molar refractivity (Wildman–Crippen MR) is 94.9 cm³/mol. The first-order valence-electron chi connectivity index (χ1n) is 8.98. The second-order valence-electron chi connectivity index (χ2n) is 8.10. The van der Waals surface area contributed by atoms with Crippen LogP contribution in [0.1, 0.15) is 65.7 Å². The summed E-state index contributed by atoms with van der Waals surface area (Å²) in [6.45, 7) is 12.5. The van der Waals surface area contributed by atoms with Crippen LogP contribution in [0, 0.1) is 5.92 Å². The number of carbonyl (C=O) groups is 2. The Morgan fingerprint density at radius 2 is 1.91 bits per heavy atom. The van der Waals surface area contributed by atoms with E-state index in [4.69, 9.17) is 9.16 Å². The summed E-state index contributed by atoms with van der Waals surface area (Å²) in [7, 11) is -1.66. The van der Waals surface area contributed by atoms with Crippen molar-refractivity contribution in [2.75, 3.05) is 13.2 Å². The Morgan fingerprint density at radius 1 is 1.22 bits per heavy atom. The number of rotatable bonds is 8. The van der Waals surface area contributed by atoms with Crippen LogP contribution in [-0.4, -0.2) is 33.3 Å². The second-order valence-corrected chi connectivity index (χ2v) is 12.9. The number of Topliss-reactive ketones (excluding diaryl/α,β-unsaturated/α-hetero) is 1. The smallest absolute Gasteiger partial charge is 0.316 e. The molecule has 1 aliphatic rings. The molecule has 4 nitrogen and oxygen atoms in total. The van der Waals surface area contributed by atoms with Gasteiger partial charge in [0.15, 0.2) is 8.32 Å². The van der Waals surface area contributed by atoms with E-state index in [1.807, 2.05) is 0 Å². The molecule has 23 heavy (non-hydrogen) atoms. The largest absolute Gasteiger partial charge is 0.465 e. The van der Waals surface area contributed by atoms with Gasteiger partial charge in [0.1, 0.15) is 11.7 Å². The van der Waals surface area contributed by atoms with E-state index in [1.165, 1.54) is 0 Å². The lowest BCUT2D eigenvalue weighted by atomic mass is 9.94. The van der Waals surface area contributed by atoms with E-state index in [-0.39, 0.29) is 16.8 Å². The molecular formula is C18H34O4Si. The van der Waals surface area contributed by atoms with Gasteiger partial charge in [-0.1, -0.05) is 27.2 Å². The maximum atomic E-state index is 12.2. The molecule has 0 aromatic rings. The van der Waals surface area contributed by atoms with Crippen molar-refractivity contribution in [2.45, 2.75) is 83.8 Å². The molecule has 0 radical (unpaired) electrons. The fourth-order valence-electron chi connectivity index (χ4n) is 2.43. The highest BCUT2D eigenvalue weighted by atomic mass is 28.4. The van der Waals surface area contributed by atoms with Gasteiger partial charge >= 0.3 is 5.97 Å². The SMILES string of the molecule is CC(C)(C)[Si](C)(C)OCCCCCC(=O)C1CCCCOC1=O. The molecule has 0 aliphatic carbocycles. The van der Waals surface area contributed by atoms with Crippen LogP contribution in [0.3, 0.4) is 0 Å². The van der Waals surface area contributed by atoms with Crippen LogP contribution < -0.4 is 0 Å². The topological polar surface area (TPSA) is 52.6 Å². The van der Waals surface area contributed by atoms with Crippen LogP contribution in [-0.2, 0) is 18.8 Å². The summed E-state index contributed by atoms with van der Waals surface area (Å²) in [6, 6.07) is 0. The summed E-state index contributed by atoms with van der Waals surface area (Å²) in [5.41, 5.74) is 0. The van der Waals surface area contributed by atoms with Gasteiger partial charge in [0.05, 0.1) is 6.61 Å². The quantitative estimate of drug-likeness (QED) is 0.282. The average Bonchev–Trinajstić information content (AvgIpc) is 2.65. The van der Waals surface area contributed by atoms with Crippen molar-refractivity contribution in [3.63, 3.8) is 0 Å². The molecular weight excluding hydrogens is 308 g/mol. The molecule has 0 aromatic carbocycles. The molecule has 1 atom stereocenters. The van der Waals surface area contributed by atoms with Gasteiger partial charge in [-0.25, -0.2) is 0 Å². The van der Waals surface area contributed by atoms with Gasteiger partial charge in [0.2, 0.25) is 0 Å². The Hall–Kier alpha value is -0.683. The van der Waals surface area contributed by atoms with Crippen molar-refractivity contribution >= 4 is 20.1 Å². The zero-order chi connectivity index (χ0) is 17.5. The van der Waals surface area contributed by atoms with Gasteiger partial charge in [-0.3, -0.25) is 9.59 Å². The third kappa shape index (κ3) is 6.75. The molecule has 1 fully saturated rings. The van der Waals surface area contributed by atoms with Crippen LogP contribution in [0.5, 0.6) is 0 Å². The minimum atomic E-state index is -1.66. The third-order valence-electron chi connectivity index (χ3n) is 5.14. The lowest BCUT2D eigenvalue weighted by Crippen LogP contribution is -2.40. The van der Waals surface area contributed by atoms with Crippen molar-refractivity contribution in [1.82, 2.24) is 0 Å². The van der Waals surface area contributed by atoms with E-state index in [9.17, 15) is 9.59 Å². The van der Waals surface area contributed by atoms with Gasteiger partial charge in [-0.15, -0.1) is 0 Å². The summed E-state index contributed by atoms with van der Waals surface area (Å²) >= 11 is 0. The monoisotopic (exact) mass is 342 g/mol. The van der Waals surface area contributed by atoms with E-state index in [0.29, 0.717) is 19.4 Å². The lowest BCUT2D eigenvalue weighted by molar-refractivity contribution is -0.150. The fourth-order valence-corrected chi connectivity index (χ4v) is 3.52. The molecule has 1 heterocycles. The Balaban J connectivity index is 2.19. The molecule has 1 aliphatic heterocycles. The molecule has 1 unspecified atom stereocenters. The number of ketones is 1. The highest BCUT2D eigenvalue weighted by molar-refractivity contribution is 6.74. The number of carbonyl (C=O) groups excluding carboxylic acids is 2. The molecule has 0 bridgehead atoms.